The monoisotopic (exact) mass is 274 g/mol. The van der Waals surface area contributed by atoms with Crippen molar-refractivity contribution in [2.75, 3.05) is 31.1 Å². The van der Waals surface area contributed by atoms with Crippen LogP contribution >= 0.6 is 0 Å². The lowest BCUT2D eigenvalue weighted by atomic mass is 10.1. The third-order valence-electron chi connectivity index (χ3n) is 3.76. The van der Waals surface area contributed by atoms with Gasteiger partial charge in [-0.15, -0.1) is 0 Å². The lowest BCUT2D eigenvalue weighted by molar-refractivity contribution is 0.601. The molecule has 3 N–H and O–H groups in total. The molecule has 0 spiro atoms. The molecular formula is C16H26N4. The molecule has 4 heteroatoms. The predicted molar refractivity (Wildman–Crippen MR) is 86.2 cm³/mol. The van der Waals surface area contributed by atoms with Crippen LogP contribution in [0.15, 0.2) is 35.3 Å². The molecule has 1 aromatic carbocycles. The Bertz CT molecular complexity index is 416. The number of unbranched alkanes of at least 4 members (excludes halogenated alkanes) is 1. The highest BCUT2D eigenvalue weighted by Crippen LogP contribution is 2.23. The van der Waals surface area contributed by atoms with Gasteiger partial charge in [-0.05, 0) is 30.9 Å². The van der Waals surface area contributed by atoms with Crippen molar-refractivity contribution >= 4 is 11.6 Å². The maximum absolute atomic E-state index is 5.86. The zero-order valence-electron chi connectivity index (χ0n) is 12.4. The summed E-state index contributed by atoms with van der Waals surface area (Å²) in [6.07, 6.45) is 3.51. The summed E-state index contributed by atoms with van der Waals surface area (Å²) in [6.45, 7) is 6.12. The molecule has 1 heterocycles. The van der Waals surface area contributed by atoms with E-state index in [1.165, 1.54) is 18.5 Å². The molecule has 0 amide bonds. The van der Waals surface area contributed by atoms with E-state index in [9.17, 15) is 0 Å². The minimum absolute atomic E-state index is 0.594. The molecule has 110 valence electrons. The van der Waals surface area contributed by atoms with Crippen LogP contribution in [0.4, 0.5) is 5.69 Å². The maximum atomic E-state index is 5.86. The molecule has 1 aliphatic rings. The van der Waals surface area contributed by atoms with E-state index in [0.717, 1.165) is 32.6 Å². The Balaban J connectivity index is 1.75. The Labute approximate surface area is 122 Å². The fraction of sp³-hybridized carbons (Fsp3) is 0.562. The number of anilines is 1. The average Bonchev–Trinajstić information content (AvgIpc) is 2.95. The quantitative estimate of drug-likeness (QED) is 0.475. The summed E-state index contributed by atoms with van der Waals surface area (Å²) in [5, 5.41) is 3.16. The second-order valence-electron chi connectivity index (χ2n) is 5.44. The molecule has 20 heavy (non-hydrogen) atoms. The summed E-state index contributed by atoms with van der Waals surface area (Å²) in [5.74, 6) is 1.21. The Kier molecular flexibility index (Phi) is 5.71. The molecule has 0 radical (unpaired) electrons. The summed E-state index contributed by atoms with van der Waals surface area (Å²) in [7, 11) is 0. The van der Waals surface area contributed by atoms with E-state index in [-0.39, 0.29) is 0 Å². The van der Waals surface area contributed by atoms with Gasteiger partial charge in [0.25, 0.3) is 0 Å². The van der Waals surface area contributed by atoms with Crippen LogP contribution in [0.2, 0.25) is 0 Å². The zero-order chi connectivity index (χ0) is 14.2. The van der Waals surface area contributed by atoms with Gasteiger partial charge in [0.05, 0.1) is 0 Å². The molecule has 1 aliphatic heterocycles. The first-order valence-electron chi connectivity index (χ1n) is 7.63. The number of aliphatic imine (C=N–C) groups is 1. The van der Waals surface area contributed by atoms with E-state index < -0.39 is 0 Å². The van der Waals surface area contributed by atoms with E-state index in [4.69, 9.17) is 5.73 Å². The fourth-order valence-electron chi connectivity index (χ4n) is 2.53. The number of nitrogens with one attached hydrogen (secondary N) is 1. The molecule has 0 aliphatic carbocycles. The van der Waals surface area contributed by atoms with Crippen LogP contribution in [0.25, 0.3) is 0 Å². The van der Waals surface area contributed by atoms with Crippen LogP contribution in [-0.2, 0) is 0 Å². The molecule has 0 aromatic heterocycles. The topological polar surface area (TPSA) is 53.6 Å². The molecule has 1 fully saturated rings. The standard InChI is InChI=1S/C16H26N4/c1-2-3-10-18-16(17)19-12-14-9-11-20(13-14)15-7-5-4-6-8-15/h4-8,14H,2-3,9-13H2,1H3,(H3,17,18,19). The van der Waals surface area contributed by atoms with Gasteiger partial charge >= 0.3 is 0 Å². The Hall–Kier alpha value is -1.71. The smallest absolute Gasteiger partial charge is 0.188 e. The van der Waals surface area contributed by atoms with Gasteiger partial charge in [0.1, 0.15) is 0 Å². The third-order valence-corrected chi connectivity index (χ3v) is 3.76. The van der Waals surface area contributed by atoms with Gasteiger partial charge in [-0.25, -0.2) is 0 Å². The first kappa shape index (κ1) is 14.7. The lowest BCUT2D eigenvalue weighted by Crippen LogP contribution is -2.33. The van der Waals surface area contributed by atoms with Gasteiger partial charge < -0.3 is 16.0 Å². The average molecular weight is 274 g/mol. The van der Waals surface area contributed by atoms with E-state index in [0.29, 0.717) is 11.9 Å². The number of rotatable bonds is 6. The molecule has 4 nitrogen and oxygen atoms in total. The Morgan fingerprint density at radius 2 is 2.20 bits per heavy atom. The summed E-state index contributed by atoms with van der Waals surface area (Å²) in [5.41, 5.74) is 7.18. The van der Waals surface area contributed by atoms with Crippen molar-refractivity contribution in [1.82, 2.24) is 5.32 Å². The molecule has 0 saturated carbocycles. The minimum Gasteiger partial charge on any atom is -0.371 e. The van der Waals surface area contributed by atoms with Gasteiger partial charge in [-0.3, -0.25) is 4.99 Å². The molecule has 0 bridgehead atoms. The third kappa shape index (κ3) is 4.44. The van der Waals surface area contributed by atoms with Gasteiger partial charge in [0, 0.05) is 31.9 Å². The van der Waals surface area contributed by atoms with Crippen LogP contribution in [0, 0.1) is 5.92 Å². The van der Waals surface area contributed by atoms with Crippen molar-refractivity contribution < 1.29 is 0 Å². The Morgan fingerprint density at radius 3 is 2.95 bits per heavy atom. The fourth-order valence-corrected chi connectivity index (χ4v) is 2.53. The first-order valence-corrected chi connectivity index (χ1v) is 7.63. The molecular weight excluding hydrogens is 248 g/mol. The normalized spacial score (nSPS) is 19.4. The predicted octanol–water partition coefficient (Wildman–Crippen LogP) is 2.22. The van der Waals surface area contributed by atoms with Crippen LogP contribution in [-0.4, -0.2) is 32.1 Å². The zero-order valence-corrected chi connectivity index (χ0v) is 12.4. The molecule has 1 aromatic rings. The molecule has 1 atom stereocenters. The van der Waals surface area contributed by atoms with Crippen molar-refractivity contribution in [1.29, 1.82) is 0 Å². The molecule has 1 unspecified atom stereocenters. The van der Waals surface area contributed by atoms with Crippen molar-refractivity contribution in [3.8, 4) is 0 Å². The van der Waals surface area contributed by atoms with Crippen molar-refractivity contribution in [2.24, 2.45) is 16.6 Å². The van der Waals surface area contributed by atoms with E-state index in [2.05, 4.69) is 52.5 Å². The summed E-state index contributed by atoms with van der Waals surface area (Å²) in [6, 6.07) is 10.6. The van der Waals surface area contributed by atoms with Gasteiger partial charge in [-0.2, -0.15) is 0 Å². The highest BCUT2D eigenvalue weighted by atomic mass is 15.2. The summed E-state index contributed by atoms with van der Waals surface area (Å²) >= 11 is 0. The van der Waals surface area contributed by atoms with E-state index >= 15 is 0 Å². The number of guanidine groups is 1. The molecule has 2 rings (SSSR count). The van der Waals surface area contributed by atoms with Crippen LogP contribution in [0.3, 0.4) is 0 Å². The van der Waals surface area contributed by atoms with Gasteiger partial charge in [-0.1, -0.05) is 31.5 Å². The Morgan fingerprint density at radius 1 is 1.40 bits per heavy atom. The SMILES string of the molecule is CCCCNC(N)=NCC1CCN(c2ccccc2)C1. The number of nitrogens with two attached hydrogens (primary N) is 1. The summed E-state index contributed by atoms with van der Waals surface area (Å²) < 4.78 is 0. The van der Waals surface area contributed by atoms with Crippen molar-refractivity contribution in [2.45, 2.75) is 26.2 Å². The number of nitrogens with zero attached hydrogens (tertiary/aromatic N) is 2. The minimum atomic E-state index is 0.594. The maximum Gasteiger partial charge on any atom is 0.188 e. The van der Waals surface area contributed by atoms with Crippen LogP contribution < -0.4 is 16.0 Å². The second-order valence-corrected chi connectivity index (χ2v) is 5.44. The van der Waals surface area contributed by atoms with Crippen molar-refractivity contribution in [3.63, 3.8) is 0 Å². The van der Waals surface area contributed by atoms with Crippen molar-refractivity contribution in [3.05, 3.63) is 30.3 Å². The van der Waals surface area contributed by atoms with Gasteiger partial charge in [0.2, 0.25) is 0 Å². The van der Waals surface area contributed by atoms with Crippen LogP contribution in [0.1, 0.15) is 26.2 Å². The number of para-hydroxylation sites is 1. The second kappa shape index (κ2) is 7.78. The summed E-state index contributed by atoms with van der Waals surface area (Å²) in [4.78, 5) is 6.89. The number of benzene rings is 1. The lowest BCUT2D eigenvalue weighted by Gasteiger charge is -2.18. The highest BCUT2D eigenvalue weighted by molar-refractivity contribution is 5.77. The highest BCUT2D eigenvalue weighted by Gasteiger charge is 2.22. The van der Waals surface area contributed by atoms with Gasteiger partial charge in [0.15, 0.2) is 5.96 Å². The van der Waals surface area contributed by atoms with Crippen LogP contribution in [0.5, 0.6) is 0 Å². The largest absolute Gasteiger partial charge is 0.371 e. The number of hydrogen-bond acceptors (Lipinski definition) is 2. The first-order chi connectivity index (χ1) is 9.79. The molecule has 1 saturated heterocycles. The van der Waals surface area contributed by atoms with E-state index in [1.807, 2.05) is 0 Å². The van der Waals surface area contributed by atoms with E-state index in [1.54, 1.807) is 0 Å². The number of hydrogen-bond donors (Lipinski definition) is 2.